The summed E-state index contributed by atoms with van der Waals surface area (Å²) < 4.78 is 12.2. The van der Waals surface area contributed by atoms with Crippen LogP contribution in [0.15, 0.2) is 18.2 Å². The first-order valence-corrected chi connectivity index (χ1v) is 6.45. The van der Waals surface area contributed by atoms with E-state index in [9.17, 15) is 18.9 Å². The summed E-state index contributed by atoms with van der Waals surface area (Å²) in [7, 11) is 0. The molecule has 1 atom stereocenters. The lowest BCUT2D eigenvalue weighted by Gasteiger charge is -2.24. The summed E-state index contributed by atoms with van der Waals surface area (Å²) in [5.74, 6) is -1.12. The highest BCUT2D eigenvalue weighted by Gasteiger charge is 2.35. The largest absolute Gasteiger partial charge is 0.368 e. The fourth-order valence-corrected chi connectivity index (χ4v) is 2.41. The van der Waals surface area contributed by atoms with Gasteiger partial charge in [-0.15, -0.1) is 0 Å². The number of amides is 2. The van der Waals surface area contributed by atoms with Gasteiger partial charge in [0.2, 0.25) is 5.91 Å². The first-order valence-electron chi connectivity index (χ1n) is 6.45. The molecule has 0 bridgehead atoms. The Kier molecular flexibility index (Phi) is 4.21. The number of halogens is 1. The van der Waals surface area contributed by atoms with Crippen LogP contribution >= 0.6 is 0 Å². The van der Waals surface area contributed by atoms with Gasteiger partial charge < -0.3 is 15.4 Å². The maximum Gasteiger partial charge on any atom is 0.255 e. The van der Waals surface area contributed by atoms with Crippen molar-refractivity contribution in [1.82, 2.24) is 4.90 Å². The summed E-state index contributed by atoms with van der Waals surface area (Å²) in [4.78, 5) is 39.8. The number of ketones is 1. The van der Waals surface area contributed by atoms with Gasteiger partial charge in [-0.05, 0) is 37.1 Å². The van der Waals surface area contributed by atoms with Crippen LogP contribution < -0.4 is 10.7 Å². The Bertz CT molecular complexity index is 603. The molecule has 1 aromatic carbocycles. The molecule has 1 unspecified atom stereocenters. The van der Waals surface area contributed by atoms with E-state index in [4.69, 9.17) is 5.73 Å². The molecule has 2 N–H and O–H groups in total. The van der Waals surface area contributed by atoms with Crippen molar-refractivity contribution in [2.75, 3.05) is 0 Å². The van der Waals surface area contributed by atoms with Gasteiger partial charge in [0, 0.05) is 23.1 Å². The number of fused-ring (bicyclic) bond motifs is 1. The smallest absolute Gasteiger partial charge is 0.255 e. The van der Waals surface area contributed by atoms with E-state index in [0.29, 0.717) is 11.1 Å². The van der Waals surface area contributed by atoms with E-state index >= 15 is 0 Å². The van der Waals surface area contributed by atoms with Crippen LogP contribution in [0, 0.1) is 0 Å². The highest BCUT2D eigenvalue weighted by Crippen LogP contribution is 2.29. The van der Waals surface area contributed by atoms with Gasteiger partial charge >= 0.3 is 0 Å². The topological polar surface area (TPSA) is 89.7 Å². The van der Waals surface area contributed by atoms with Crippen LogP contribution in [0.3, 0.4) is 0 Å². The number of nitrogens with zero attached hydrogens (tertiary/aromatic N) is 1. The second-order valence-corrected chi connectivity index (χ2v) is 4.99. The maximum atomic E-state index is 12.3. The van der Waals surface area contributed by atoms with Crippen LogP contribution in [0.4, 0.5) is 4.53 Å². The second-order valence-electron chi connectivity index (χ2n) is 4.99. The summed E-state index contributed by atoms with van der Waals surface area (Å²) in [5, 5.41) is 0. The minimum absolute atomic E-state index is 0.0113. The number of carbonyl (C=O) groups is 3. The van der Waals surface area contributed by atoms with Crippen molar-refractivity contribution < 1.29 is 23.9 Å². The zero-order valence-electron chi connectivity index (χ0n) is 11.5. The average Bonchev–Trinajstić information content (AvgIpc) is 2.75. The fourth-order valence-electron chi connectivity index (χ4n) is 2.41. The predicted octanol–water partition coefficient (Wildman–Crippen LogP) is 1.13. The quantitative estimate of drug-likeness (QED) is 0.851. The molecule has 1 aromatic rings. The number of Topliss-reactive ketones (excluding diaryl/α,β-unsaturated/α-hetero) is 1. The lowest BCUT2D eigenvalue weighted by molar-refractivity contribution is -0.123. The molecule has 6 nitrogen and oxygen atoms in total. The first kappa shape index (κ1) is 15.0. The lowest BCUT2D eigenvalue weighted by atomic mass is 10.1. The fraction of sp³-hybridized carbons (Fsp3) is 0.357. The number of nitrogens with two attached hydrogens (primary N) is 1. The van der Waals surface area contributed by atoms with E-state index < -0.39 is 11.9 Å². The zero-order valence-corrected chi connectivity index (χ0v) is 11.5. The molecule has 0 saturated heterocycles. The third-order valence-corrected chi connectivity index (χ3v) is 3.47. The lowest BCUT2D eigenvalue weighted by Crippen LogP contribution is -2.45. The van der Waals surface area contributed by atoms with Gasteiger partial charge in [-0.25, -0.2) is 0 Å². The normalized spacial score (nSPS) is 14.8. The number of carbonyl (C=O) groups excluding carboxylic acids is 3. The standard InChI is InChI=1S/C14H15FN2O4/c1-8(18)2-5-12(13(16)19)17-7-9-6-10(21-15)3-4-11(9)14(17)20/h3-4,6,12H,2,5,7H2,1H3,(H2,16,19). The first-order chi connectivity index (χ1) is 9.93. The molecule has 0 saturated carbocycles. The molecule has 1 aliphatic rings. The van der Waals surface area contributed by atoms with Crippen LogP contribution in [-0.2, 0) is 16.1 Å². The van der Waals surface area contributed by atoms with Crippen molar-refractivity contribution in [3.8, 4) is 5.75 Å². The Balaban J connectivity index is 2.23. The maximum absolute atomic E-state index is 12.3. The molecule has 0 aliphatic carbocycles. The van der Waals surface area contributed by atoms with Crippen LogP contribution in [-0.4, -0.2) is 28.5 Å². The van der Waals surface area contributed by atoms with Gasteiger partial charge in [0.05, 0.1) is 0 Å². The van der Waals surface area contributed by atoms with E-state index in [1.165, 1.54) is 30.0 Å². The third-order valence-electron chi connectivity index (χ3n) is 3.47. The molecule has 0 radical (unpaired) electrons. The second kappa shape index (κ2) is 5.90. The molecule has 0 aromatic heterocycles. The SMILES string of the molecule is CC(=O)CCC(C(N)=O)N1Cc2cc(OF)ccc2C1=O. The highest BCUT2D eigenvalue weighted by atomic mass is 19.3. The Morgan fingerprint density at radius 2 is 2.19 bits per heavy atom. The van der Waals surface area contributed by atoms with Crippen LogP contribution in [0.1, 0.15) is 35.7 Å². The van der Waals surface area contributed by atoms with E-state index in [1.54, 1.807) is 0 Å². The molecule has 1 heterocycles. The van der Waals surface area contributed by atoms with Crippen molar-refractivity contribution in [3.63, 3.8) is 0 Å². The number of hydrogen-bond donors (Lipinski definition) is 1. The summed E-state index contributed by atoms with van der Waals surface area (Å²) in [5.41, 5.74) is 6.27. The summed E-state index contributed by atoms with van der Waals surface area (Å²) >= 11 is 0. The van der Waals surface area contributed by atoms with E-state index in [0.717, 1.165) is 0 Å². The zero-order chi connectivity index (χ0) is 15.6. The molecule has 0 spiro atoms. The molecule has 21 heavy (non-hydrogen) atoms. The van der Waals surface area contributed by atoms with Crippen molar-refractivity contribution in [1.29, 1.82) is 0 Å². The summed E-state index contributed by atoms with van der Waals surface area (Å²) in [6.07, 6.45) is 0.337. The number of rotatable bonds is 6. The Morgan fingerprint density at radius 3 is 2.76 bits per heavy atom. The predicted molar refractivity (Wildman–Crippen MR) is 70.9 cm³/mol. The highest BCUT2D eigenvalue weighted by molar-refractivity contribution is 6.01. The van der Waals surface area contributed by atoms with E-state index in [2.05, 4.69) is 4.94 Å². The third kappa shape index (κ3) is 3.01. The molecular formula is C14H15FN2O4. The van der Waals surface area contributed by atoms with Gasteiger partial charge in [-0.2, -0.15) is 0 Å². The molecule has 1 aliphatic heterocycles. The summed E-state index contributed by atoms with van der Waals surface area (Å²) in [6.45, 7) is 1.54. The average molecular weight is 294 g/mol. The monoisotopic (exact) mass is 294 g/mol. The number of hydrogen-bond acceptors (Lipinski definition) is 4. The Hall–Kier alpha value is -2.44. The van der Waals surface area contributed by atoms with Crippen LogP contribution in [0.2, 0.25) is 0 Å². The van der Waals surface area contributed by atoms with Crippen LogP contribution in [0.5, 0.6) is 5.75 Å². The van der Waals surface area contributed by atoms with Gasteiger partial charge in [0.25, 0.3) is 5.91 Å². The van der Waals surface area contributed by atoms with Crippen molar-refractivity contribution >= 4 is 17.6 Å². The molecule has 112 valence electrons. The number of benzene rings is 1. The minimum Gasteiger partial charge on any atom is -0.368 e. The van der Waals surface area contributed by atoms with Gasteiger partial charge in [-0.3, -0.25) is 14.5 Å². The molecule has 0 fully saturated rings. The molecule has 7 heteroatoms. The van der Waals surface area contributed by atoms with Crippen molar-refractivity contribution in [2.45, 2.75) is 32.4 Å². The molecule has 2 rings (SSSR count). The van der Waals surface area contributed by atoms with E-state index in [1.807, 2.05) is 0 Å². The Labute approximate surface area is 120 Å². The van der Waals surface area contributed by atoms with Gasteiger partial charge in [-0.1, -0.05) is 0 Å². The molecular weight excluding hydrogens is 279 g/mol. The minimum atomic E-state index is -0.858. The molecule has 2 amide bonds. The van der Waals surface area contributed by atoms with Crippen LogP contribution in [0.25, 0.3) is 0 Å². The van der Waals surface area contributed by atoms with Gasteiger partial charge in [0.15, 0.2) is 5.75 Å². The van der Waals surface area contributed by atoms with Gasteiger partial charge in [0.1, 0.15) is 11.8 Å². The van der Waals surface area contributed by atoms with Crippen molar-refractivity contribution in [2.24, 2.45) is 5.73 Å². The summed E-state index contributed by atoms with van der Waals surface area (Å²) in [6, 6.07) is 3.31. The van der Waals surface area contributed by atoms with E-state index in [-0.39, 0.29) is 36.8 Å². The number of primary amides is 1. The van der Waals surface area contributed by atoms with Crippen molar-refractivity contribution in [3.05, 3.63) is 29.3 Å². The Morgan fingerprint density at radius 1 is 1.48 bits per heavy atom.